The molecule has 124 valence electrons. The predicted molar refractivity (Wildman–Crippen MR) is 103 cm³/mol. The van der Waals surface area contributed by atoms with Gasteiger partial charge < -0.3 is 4.74 Å². The second-order valence-electron chi connectivity index (χ2n) is 6.57. The van der Waals surface area contributed by atoms with Crippen molar-refractivity contribution in [2.45, 2.75) is 31.1 Å². The van der Waals surface area contributed by atoms with Gasteiger partial charge in [-0.3, -0.25) is 4.99 Å². The molecule has 0 radical (unpaired) electrons. The summed E-state index contributed by atoms with van der Waals surface area (Å²) in [5.74, 6) is 0.869. The molecule has 2 aliphatic rings. The highest BCUT2D eigenvalue weighted by Gasteiger charge is 2.45. The molecule has 2 nitrogen and oxygen atoms in total. The third kappa shape index (κ3) is 2.49. The summed E-state index contributed by atoms with van der Waals surface area (Å²) in [4.78, 5) is 4.98. The van der Waals surface area contributed by atoms with Crippen LogP contribution in [0.3, 0.4) is 0 Å². The summed E-state index contributed by atoms with van der Waals surface area (Å²) in [6.45, 7) is 0.858. The van der Waals surface area contributed by atoms with E-state index in [1.54, 1.807) is 7.11 Å². The fourth-order valence-corrected chi connectivity index (χ4v) is 4.60. The largest absolute Gasteiger partial charge is 0.496 e. The van der Waals surface area contributed by atoms with Crippen molar-refractivity contribution in [2.24, 2.45) is 4.99 Å². The number of hydrogen-bond acceptors (Lipinski definition) is 2. The van der Waals surface area contributed by atoms with Gasteiger partial charge in [-0.2, -0.15) is 0 Å². The number of aliphatic imine (C=N–C) groups is 1. The lowest BCUT2D eigenvalue weighted by molar-refractivity contribution is 0.339. The molecule has 1 fully saturated rings. The molecule has 0 N–H and O–H groups in total. The SMILES string of the molecule is COc1cc2c(cc1Br)CCN=C2C1(c2ccc(Cl)cc2)CCC1. The van der Waals surface area contributed by atoms with Gasteiger partial charge in [-0.15, -0.1) is 0 Å². The van der Waals surface area contributed by atoms with Gasteiger partial charge in [0, 0.05) is 22.5 Å². The van der Waals surface area contributed by atoms with E-state index in [1.807, 2.05) is 12.1 Å². The number of halogens is 2. The molecule has 1 aliphatic carbocycles. The molecule has 4 heteroatoms. The lowest BCUT2D eigenvalue weighted by atomic mass is 9.59. The van der Waals surface area contributed by atoms with Crippen molar-refractivity contribution >= 4 is 33.2 Å². The maximum absolute atomic E-state index is 6.09. The molecule has 0 aromatic heterocycles. The maximum atomic E-state index is 6.09. The van der Waals surface area contributed by atoms with Crippen LogP contribution in [-0.2, 0) is 11.8 Å². The number of ether oxygens (including phenoxy) is 1. The third-order valence-corrected chi connectivity index (χ3v) is 6.21. The molecular formula is C20H19BrClNO. The normalized spacial score (nSPS) is 18.4. The molecule has 4 rings (SSSR count). The highest BCUT2D eigenvalue weighted by molar-refractivity contribution is 9.10. The summed E-state index contributed by atoms with van der Waals surface area (Å²) in [7, 11) is 1.71. The maximum Gasteiger partial charge on any atom is 0.133 e. The van der Waals surface area contributed by atoms with Gasteiger partial charge in [-0.05, 0) is 70.6 Å². The quantitative estimate of drug-likeness (QED) is 0.654. The smallest absolute Gasteiger partial charge is 0.133 e. The first-order valence-corrected chi connectivity index (χ1v) is 9.49. The Morgan fingerprint density at radius 1 is 1.17 bits per heavy atom. The zero-order chi connectivity index (χ0) is 16.7. The Labute approximate surface area is 156 Å². The average molecular weight is 405 g/mol. The Hall–Kier alpha value is -1.32. The molecule has 0 atom stereocenters. The zero-order valence-corrected chi connectivity index (χ0v) is 16.0. The van der Waals surface area contributed by atoms with Crippen LogP contribution in [0.4, 0.5) is 0 Å². The van der Waals surface area contributed by atoms with Crippen LogP contribution in [0.1, 0.15) is 36.0 Å². The van der Waals surface area contributed by atoms with Crippen LogP contribution in [0.2, 0.25) is 5.02 Å². The van der Waals surface area contributed by atoms with Crippen molar-refractivity contribution in [1.82, 2.24) is 0 Å². The molecule has 2 aromatic carbocycles. The summed E-state index contributed by atoms with van der Waals surface area (Å²) in [6.07, 6.45) is 4.51. The Morgan fingerprint density at radius 3 is 2.54 bits per heavy atom. The first kappa shape index (κ1) is 16.2. The summed E-state index contributed by atoms with van der Waals surface area (Å²) >= 11 is 9.71. The average Bonchev–Trinajstić information content (AvgIpc) is 2.55. The van der Waals surface area contributed by atoms with E-state index in [0.29, 0.717) is 0 Å². The van der Waals surface area contributed by atoms with E-state index in [2.05, 4.69) is 40.2 Å². The number of nitrogens with zero attached hydrogens (tertiary/aromatic N) is 1. The van der Waals surface area contributed by atoms with Crippen molar-refractivity contribution < 1.29 is 4.74 Å². The van der Waals surface area contributed by atoms with Crippen molar-refractivity contribution in [1.29, 1.82) is 0 Å². The van der Waals surface area contributed by atoms with E-state index < -0.39 is 0 Å². The monoisotopic (exact) mass is 403 g/mol. The van der Waals surface area contributed by atoms with Crippen LogP contribution < -0.4 is 4.74 Å². The first-order valence-electron chi connectivity index (χ1n) is 8.32. The van der Waals surface area contributed by atoms with Crippen LogP contribution >= 0.6 is 27.5 Å². The molecule has 24 heavy (non-hydrogen) atoms. The van der Waals surface area contributed by atoms with Gasteiger partial charge in [-0.1, -0.05) is 30.2 Å². The van der Waals surface area contributed by atoms with Gasteiger partial charge in [0.25, 0.3) is 0 Å². The molecule has 0 spiro atoms. The highest BCUT2D eigenvalue weighted by Crippen LogP contribution is 2.48. The molecule has 1 aliphatic heterocycles. The van der Waals surface area contributed by atoms with Crippen LogP contribution in [0.5, 0.6) is 5.75 Å². The second kappa shape index (κ2) is 6.20. The minimum atomic E-state index is 0.0264. The second-order valence-corrected chi connectivity index (χ2v) is 7.86. The fourth-order valence-electron chi connectivity index (χ4n) is 3.92. The van der Waals surface area contributed by atoms with Gasteiger partial charge in [0.15, 0.2) is 0 Å². The topological polar surface area (TPSA) is 21.6 Å². The summed E-state index contributed by atoms with van der Waals surface area (Å²) in [5, 5.41) is 0.782. The lowest BCUT2D eigenvalue weighted by Gasteiger charge is -2.45. The van der Waals surface area contributed by atoms with Crippen LogP contribution in [-0.4, -0.2) is 19.4 Å². The van der Waals surface area contributed by atoms with Gasteiger partial charge in [-0.25, -0.2) is 0 Å². The molecule has 2 aromatic rings. The minimum Gasteiger partial charge on any atom is -0.496 e. The van der Waals surface area contributed by atoms with Crippen LogP contribution in [0.15, 0.2) is 45.9 Å². The third-order valence-electron chi connectivity index (χ3n) is 5.34. The van der Waals surface area contributed by atoms with Gasteiger partial charge >= 0.3 is 0 Å². The standard InChI is InChI=1S/C20H19BrClNO/c1-24-18-12-16-13(11-17(18)21)7-10-23-19(16)20(8-2-9-20)14-3-5-15(22)6-4-14/h3-6,11-12H,2,7-10H2,1H3. The van der Waals surface area contributed by atoms with E-state index in [-0.39, 0.29) is 5.41 Å². The van der Waals surface area contributed by atoms with Crippen molar-refractivity contribution in [3.63, 3.8) is 0 Å². The molecule has 0 saturated heterocycles. The Balaban J connectivity index is 1.84. The number of benzene rings is 2. The number of fused-ring (bicyclic) bond motifs is 1. The van der Waals surface area contributed by atoms with Gasteiger partial charge in [0.2, 0.25) is 0 Å². The van der Waals surface area contributed by atoms with E-state index in [1.165, 1.54) is 28.8 Å². The number of hydrogen-bond donors (Lipinski definition) is 0. The predicted octanol–water partition coefficient (Wildman–Crippen LogP) is 5.58. The van der Waals surface area contributed by atoms with E-state index in [0.717, 1.165) is 41.1 Å². The zero-order valence-electron chi connectivity index (χ0n) is 13.6. The Morgan fingerprint density at radius 2 is 1.92 bits per heavy atom. The molecule has 1 saturated carbocycles. The lowest BCUT2D eigenvalue weighted by Crippen LogP contribution is -2.44. The Kier molecular flexibility index (Phi) is 4.17. The van der Waals surface area contributed by atoms with Crippen molar-refractivity contribution in [2.75, 3.05) is 13.7 Å². The molecule has 0 amide bonds. The van der Waals surface area contributed by atoms with E-state index in [4.69, 9.17) is 21.3 Å². The Bertz CT molecular complexity index is 809. The highest BCUT2D eigenvalue weighted by atomic mass is 79.9. The molecule has 0 bridgehead atoms. The van der Waals surface area contributed by atoms with Crippen LogP contribution in [0, 0.1) is 0 Å². The van der Waals surface area contributed by atoms with Crippen LogP contribution in [0.25, 0.3) is 0 Å². The minimum absolute atomic E-state index is 0.0264. The summed E-state index contributed by atoms with van der Waals surface area (Å²) in [5.41, 5.74) is 5.18. The summed E-state index contributed by atoms with van der Waals surface area (Å²) in [6, 6.07) is 12.6. The first-order chi connectivity index (χ1) is 11.6. The molecular weight excluding hydrogens is 386 g/mol. The van der Waals surface area contributed by atoms with Crippen molar-refractivity contribution in [3.8, 4) is 5.75 Å². The number of methoxy groups -OCH3 is 1. The van der Waals surface area contributed by atoms with E-state index in [9.17, 15) is 0 Å². The molecule has 1 heterocycles. The fraction of sp³-hybridized carbons (Fsp3) is 0.350. The van der Waals surface area contributed by atoms with Gasteiger partial charge in [0.05, 0.1) is 17.3 Å². The van der Waals surface area contributed by atoms with E-state index >= 15 is 0 Å². The number of rotatable bonds is 3. The van der Waals surface area contributed by atoms with Crippen molar-refractivity contribution in [3.05, 3.63) is 62.6 Å². The van der Waals surface area contributed by atoms with Gasteiger partial charge in [0.1, 0.15) is 5.75 Å². The molecule has 0 unspecified atom stereocenters. The summed E-state index contributed by atoms with van der Waals surface area (Å²) < 4.78 is 6.54.